The predicted octanol–water partition coefficient (Wildman–Crippen LogP) is 1.40. The van der Waals surface area contributed by atoms with Gasteiger partial charge in [-0.1, -0.05) is 30.0 Å². The molecule has 2 heterocycles. The first-order chi connectivity index (χ1) is 23.5. The van der Waals surface area contributed by atoms with Crippen LogP contribution in [0.4, 0.5) is 0 Å². The fraction of sp³-hybridized carbons (Fsp3) is 0.594. The average Bonchev–Trinajstić information content (AvgIpc) is 3.00. The minimum absolute atomic E-state index is 0.471. The molecular formula is C32H40O17S. The SMILES string of the molecule is CC(=O)OC[C@H]1O[C@@H](Sc2ccccc2)[C@H](OC(C)=O)[C@@H](OC(C)=O)[C@@H]1O[C@H]1O[C@H](COC(C)=O)[C@@H](OC(C)=O)[C@H](OC(C)=O)[C@H]1OC(C)=O. The van der Waals surface area contributed by atoms with Crippen LogP contribution in [-0.2, 0) is 80.9 Å². The maximum Gasteiger partial charge on any atom is 0.303 e. The Kier molecular flexibility index (Phi) is 15.0. The van der Waals surface area contributed by atoms with Crippen LogP contribution in [0, 0.1) is 0 Å². The van der Waals surface area contributed by atoms with Crippen LogP contribution in [0.15, 0.2) is 35.2 Å². The number of hydrogen-bond acceptors (Lipinski definition) is 18. The van der Waals surface area contributed by atoms with Gasteiger partial charge in [-0.05, 0) is 12.1 Å². The molecule has 2 aliphatic rings. The van der Waals surface area contributed by atoms with E-state index < -0.39 is 116 Å². The van der Waals surface area contributed by atoms with Gasteiger partial charge in [-0.15, -0.1) is 0 Å². The van der Waals surface area contributed by atoms with Crippen molar-refractivity contribution < 1.29 is 80.9 Å². The van der Waals surface area contributed by atoms with E-state index in [1.165, 1.54) is 0 Å². The first kappa shape index (κ1) is 40.2. The molecule has 2 fully saturated rings. The number of thioether (sulfide) groups is 1. The number of hydrogen-bond donors (Lipinski definition) is 0. The third kappa shape index (κ3) is 12.0. The molecule has 0 aromatic heterocycles. The number of benzene rings is 1. The molecule has 0 saturated carbocycles. The van der Waals surface area contributed by atoms with Crippen LogP contribution in [0.2, 0.25) is 0 Å². The molecule has 0 spiro atoms. The number of esters is 7. The standard InChI is InChI=1S/C32H40O17S/c1-15(33)40-13-23-25(42-17(3)35)27(43-18(4)36)29(45-20(6)38)31(47-23)49-26-24(14-41-16(2)34)48-32(50-22-11-9-8-10-12-22)30(46-21(7)39)28(26)44-19(5)37/h8-12,23-32H,13-14H2,1-7H3/t23-,24-,25-,26-,27+,28+,29-,30-,31-,32+/m1/s1. The normalized spacial score (nSPS) is 29.0. The van der Waals surface area contributed by atoms with Crippen LogP contribution in [0.1, 0.15) is 48.5 Å². The Labute approximate surface area is 291 Å². The van der Waals surface area contributed by atoms with Crippen LogP contribution in [0.5, 0.6) is 0 Å². The van der Waals surface area contributed by atoms with Crippen LogP contribution < -0.4 is 0 Å². The van der Waals surface area contributed by atoms with E-state index in [0.717, 1.165) is 60.2 Å². The zero-order valence-electron chi connectivity index (χ0n) is 28.4. The van der Waals surface area contributed by atoms with E-state index in [-0.39, 0.29) is 0 Å². The Morgan fingerprint density at radius 3 is 1.42 bits per heavy atom. The van der Waals surface area contributed by atoms with Gasteiger partial charge in [-0.25, -0.2) is 0 Å². The van der Waals surface area contributed by atoms with Gasteiger partial charge in [0.15, 0.2) is 36.8 Å². The van der Waals surface area contributed by atoms with E-state index in [0.29, 0.717) is 4.90 Å². The summed E-state index contributed by atoms with van der Waals surface area (Å²) in [7, 11) is 0. The van der Waals surface area contributed by atoms with Crippen molar-refractivity contribution in [2.24, 2.45) is 0 Å². The summed E-state index contributed by atoms with van der Waals surface area (Å²) in [5.41, 5.74) is -1.05. The minimum atomic E-state index is -1.75. The molecule has 1 aromatic carbocycles. The molecule has 2 saturated heterocycles. The fourth-order valence-corrected chi connectivity index (χ4v) is 6.33. The number of ether oxygens (including phenoxy) is 10. The zero-order chi connectivity index (χ0) is 37.1. The van der Waals surface area contributed by atoms with E-state index in [2.05, 4.69) is 0 Å². The Hall–Kier alpha value is -4.26. The van der Waals surface area contributed by atoms with Gasteiger partial charge in [0.25, 0.3) is 0 Å². The van der Waals surface area contributed by atoms with Gasteiger partial charge in [0.2, 0.25) is 0 Å². The van der Waals surface area contributed by atoms with Crippen molar-refractivity contribution in [3.8, 4) is 0 Å². The van der Waals surface area contributed by atoms with Gasteiger partial charge < -0.3 is 47.4 Å². The van der Waals surface area contributed by atoms with Crippen LogP contribution in [0.25, 0.3) is 0 Å². The first-order valence-electron chi connectivity index (χ1n) is 15.4. The van der Waals surface area contributed by atoms with Crippen molar-refractivity contribution in [1.29, 1.82) is 0 Å². The van der Waals surface area contributed by atoms with Gasteiger partial charge in [-0.3, -0.25) is 33.6 Å². The summed E-state index contributed by atoms with van der Waals surface area (Å²) < 4.78 is 56.8. The van der Waals surface area contributed by atoms with Crippen molar-refractivity contribution in [1.82, 2.24) is 0 Å². The van der Waals surface area contributed by atoms with Crippen LogP contribution in [0.3, 0.4) is 0 Å². The lowest BCUT2D eigenvalue weighted by Gasteiger charge is -2.48. The maximum atomic E-state index is 12.5. The van der Waals surface area contributed by atoms with Gasteiger partial charge >= 0.3 is 41.8 Å². The van der Waals surface area contributed by atoms with Crippen molar-refractivity contribution in [2.75, 3.05) is 13.2 Å². The molecule has 3 rings (SSSR count). The molecule has 0 unspecified atom stereocenters. The molecule has 1 aromatic rings. The van der Waals surface area contributed by atoms with E-state index in [9.17, 15) is 33.6 Å². The van der Waals surface area contributed by atoms with Crippen LogP contribution >= 0.6 is 11.8 Å². The molecular weight excluding hydrogens is 688 g/mol. The Bertz CT molecular complexity index is 1390. The smallest absolute Gasteiger partial charge is 0.303 e. The zero-order valence-corrected chi connectivity index (χ0v) is 29.2. The number of carbonyl (C=O) groups is 7. The summed E-state index contributed by atoms with van der Waals surface area (Å²) in [6, 6.07) is 8.85. The second-order valence-corrected chi connectivity index (χ2v) is 12.3. The van der Waals surface area contributed by atoms with Crippen molar-refractivity contribution in [3.63, 3.8) is 0 Å². The molecule has 0 amide bonds. The molecule has 10 atom stereocenters. The molecule has 2 aliphatic heterocycles. The molecule has 0 radical (unpaired) electrons. The van der Waals surface area contributed by atoms with Gasteiger partial charge in [0.05, 0.1) is 0 Å². The minimum Gasteiger partial charge on any atom is -0.463 e. The van der Waals surface area contributed by atoms with Crippen molar-refractivity contribution in [3.05, 3.63) is 30.3 Å². The summed E-state index contributed by atoms with van der Waals surface area (Å²) in [5.74, 6) is -5.63. The maximum absolute atomic E-state index is 12.5. The predicted molar refractivity (Wildman–Crippen MR) is 166 cm³/mol. The number of rotatable bonds is 13. The molecule has 276 valence electrons. The van der Waals surface area contributed by atoms with Gasteiger partial charge in [-0.2, -0.15) is 0 Å². The fourth-order valence-electron chi connectivity index (χ4n) is 5.20. The topological polar surface area (TPSA) is 212 Å². The van der Waals surface area contributed by atoms with Crippen LogP contribution in [-0.4, -0.2) is 116 Å². The molecule has 17 nitrogen and oxygen atoms in total. The van der Waals surface area contributed by atoms with E-state index in [1.807, 2.05) is 0 Å². The molecule has 0 aliphatic carbocycles. The Balaban J connectivity index is 2.16. The highest BCUT2D eigenvalue weighted by atomic mass is 32.2. The second-order valence-electron chi connectivity index (χ2n) is 11.1. The summed E-state index contributed by atoms with van der Waals surface area (Å²) >= 11 is 1.12. The van der Waals surface area contributed by atoms with Gasteiger partial charge in [0.1, 0.15) is 37.0 Å². The highest BCUT2D eigenvalue weighted by Crippen LogP contribution is 2.39. The quantitative estimate of drug-likeness (QED) is 0.207. The Morgan fingerprint density at radius 1 is 0.520 bits per heavy atom. The summed E-state index contributed by atoms with van der Waals surface area (Å²) in [6.07, 6.45) is -13.4. The molecule has 0 bridgehead atoms. The highest BCUT2D eigenvalue weighted by molar-refractivity contribution is 7.99. The lowest BCUT2D eigenvalue weighted by atomic mass is 9.96. The summed E-state index contributed by atoms with van der Waals surface area (Å²) in [4.78, 5) is 86.2. The lowest BCUT2D eigenvalue weighted by molar-refractivity contribution is -0.341. The second kappa shape index (κ2) is 18.7. The molecule has 50 heavy (non-hydrogen) atoms. The van der Waals surface area contributed by atoms with E-state index >= 15 is 0 Å². The van der Waals surface area contributed by atoms with E-state index in [1.54, 1.807) is 30.3 Å². The van der Waals surface area contributed by atoms with E-state index in [4.69, 9.17) is 47.4 Å². The first-order valence-corrected chi connectivity index (χ1v) is 16.2. The number of carbonyl (C=O) groups excluding carboxylic acids is 7. The summed E-state index contributed by atoms with van der Waals surface area (Å²) in [6.45, 7) is 6.66. The third-order valence-electron chi connectivity index (χ3n) is 6.88. The highest BCUT2D eigenvalue weighted by Gasteiger charge is 2.57. The third-order valence-corrected chi connectivity index (χ3v) is 8.04. The van der Waals surface area contributed by atoms with Crippen molar-refractivity contribution in [2.45, 2.75) is 114 Å². The van der Waals surface area contributed by atoms with Crippen molar-refractivity contribution >= 4 is 53.5 Å². The average molecular weight is 729 g/mol. The largest absolute Gasteiger partial charge is 0.463 e. The molecule has 0 N–H and O–H groups in total. The monoisotopic (exact) mass is 728 g/mol. The lowest BCUT2D eigenvalue weighted by Crippen LogP contribution is -2.66. The summed E-state index contributed by atoms with van der Waals surface area (Å²) in [5, 5.41) is 0. The Morgan fingerprint density at radius 2 is 0.940 bits per heavy atom. The molecule has 18 heteroatoms. The van der Waals surface area contributed by atoms with Gasteiger partial charge in [0, 0.05) is 53.4 Å².